The van der Waals surface area contributed by atoms with Crippen LogP contribution < -0.4 is 5.32 Å². The van der Waals surface area contributed by atoms with E-state index in [4.69, 9.17) is 11.6 Å². The van der Waals surface area contributed by atoms with E-state index in [1.165, 1.54) is 19.1 Å². The van der Waals surface area contributed by atoms with E-state index in [1.54, 1.807) is 0 Å². The Balaban J connectivity index is 2.06. The number of benzene rings is 1. The Labute approximate surface area is 159 Å². The number of nitrogens with zero attached hydrogens (tertiary/aromatic N) is 2. The number of pyridine rings is 1. The second-order valence-corrected chi connectivity index (χ2v) is 6.88. The molecule has 0 atom stereocenters. The van der Waals surface area contributed by atoms with Crippen molar-refractivity contribution in [3.8, 4) is 11.3 Å². The number of anilines is 1. The summed E-state index contributed by atoms with van der Waals surface area (Å²) >= 11 is 6.17. The molecule has 0 bridgehead atoms. The molecule has 1 aromatic carbocycles. The molecule has 3 aromatic rings. The van der Waals surface area contributed by atoms with Crippen LogP contribution in [0.4, 0.5) is 27.6 Å². The van der Waals surface area contributed by atoms with Crippen molar-refractivity contribution in [2.75, 3.05) is 5.32 Å². The van der Waals surface area contributed by atoms with Gasteiger partial charge in [0.25, 0.3) is 6.43 Å². The SMILES string of the molecule is Cc1cc(C(F)F)c(-c2cc(Cl)c3c(c2)CC(=O)N3)n2nc(C(F)(F)F)cc12. The third-order valence-electron chi connectivity index (χ3n) is 4.56. The van der Waals surface area contributed by atoms with Gasteiger partial charge in [0.2, 0.25) is 5.91 Å². The van der Waals surface area contributed by atoms with Gasteiger partial charge in [-0.2, -0.15) is 18.3 Å². The molecule has 4 rings (SSSR count). The summed E-state index contributed by atoms with van der Waals surface area (Å²) in [4.78, 5) is 11.6. The summed E-state index contributed by atoms with van der Waals surface area (Å²) in [5.41, 5.74) is -0.586. The van der Waals surface area contributed by atoms with Crippen LogP contribution in [0.3, 0.4) is 0 Å². The zero-order chi connectivity index (χ0) is 20.4. The van der Waals surface area contributed by atoms with Gasteiger partial charge < -0.3 is 5.32 Å². The summed E-state index contributed by atoms with van der Waals surface area (Å²) in [7, 11) is 0. The summed E-state index contributed by atoms with van der Waals surface area (Å²) in [6.07, 6.45) is -7.69. The molecule has 146 valence electrons. The van der Waals surface area contributed by atoms with E-state index in [-0.39, 0.29) is 39.7 Å². The predicted octanol–water partition coefficient (Wildman–Crippen LogP) is 5.41. The summed E-state index contributed by atoms with van der Waals surface area (Å²) in [5, 5.41) is 6.20. The fourth-order valence-corrected chi connectivity index (χ4v) is 3.65. The molecule has 0 saturated carbocycles. The number of carbonyl (C=O) groups excluding carboxylic acids is 1. The average Bonchev–Trinajstić information content (AvgIpc) is 3.18. The lowest BCUT2D eigenvalue weighted by atomic mass is 10.0. The number of alkyl halides is 5. The Hall–Kier alpha value is -2.68. The molecule has 1 aliphatic rings. The standard InChI is InChI=1S/C18H11ClF5N3O/c1-7-2-10(17(20)21)16(27-12(7)6-13(26-27)18(22,23)24)9-3-8-5-14(28)25-15(8)11(19)4-9/h2-4,6,17H,5H2,1H3,(H,25,28). The summed E-state index contributed by atoms with van der Waals surface area (Å²) in [6.45, 7) is 1.44. The van der Waals surface area contributed by atoms with Gasteiger partial charge in [-0.15, -0.1) is 0 Å². The molecule has 10 heteroatoms. The average molecular weight is 416 g/mol. The minimum absolute atomic E-state index is 0.00514. The first-order valence-corrected chi connectivity index (χ1v) is 8.45. The van der Waals surface area contributed by atoms with Gasteiger partial charge in [0.1, 0.15) is 0 Å². The van der Waals surface area contributed by atoms with Gasteiger partial charge in [0.15, 0.2) is 5.69 Å². The van der Waals surface area contributed by atoms with Gasteiger partial charge in [0.05, 0.1) is 28.3 Å². The van der Waals surface area contributed by atoms with Crippen molar-refractivity contribution in [2.45, 2.75) is 25.9 Å². The number of carbonyl (C=O) groups is 1. The third-order valence-corrected chi connectivity index (χ3v) is 4.86. The van der Waals surface area contributed by atoms with Crippen LogP contribution in [0.25, 0.3) is 16.8 Å². The lowest BCUT2D eigenvalue weighted by Gasteiger charge is -2.15. The van der Waals surface area contributed by atoms with Crippen molar-refractivity contribution in [1.82, 2.24) is 9.61 Å². The Kier molecular flexibility index (Phi) is 4.11. The van der Waals surface area contributed by atoms with E-state index in [0.717, 1.165) is 16.6 Å². The van der Waals surface area contributed by atoms with Crippen LogP contribution in [0, 0.1) is 6.92 Å². The fraction of sp³-hybridized carbons (Fsp3) is 0.222. The van der Waals surface area contributed by atoms with Gasteiger partial charge in [-0.05, 0) is 42.3 Å². The highest BCUT2D eigenvalue weighted by atomic mass is 35.5. The van der Waals surface area contributed by atoms with Gasteiger partial charge in [-0.1, -0.05) is 11.6 Å². The van der Waals surface area contributed by atoms with Gasteiger partial charge >= 0.3 is 6.18 Å². The van der Waals surface area contributed by atoms with Crippen LogP contribution in [-0.4, -0.2) is 15.5 Å². The zero-order valence-corrected chi connectivity index (χ0v) is 14.9. The number of hydrogen-bond acceptors (Lipinski definition) is 2. The lowest BCUT2D eigenvalue weighted by molar-refractivity contribution is -0.141. The molecule has 0 fully saturated rings. The topological polar surface area (TPSA) is 46.4 Å². The first-order chi connectivity index (χ1) is 13.1. The molecule has 2 aromatic heterocycles. The van der Waals surface area contributed by atoms with Crippen molar-refractivity contribution in [3.63, 3.8) is 0 Å². The minimum Gasteiger partial charge on any atom is -0.324 e. The van der Waals surface area contributed by atoms with E-state index in [2.05, 4.69) is 10.4 Å². The Morgan fingerprint density at radius 2 is 1.93 bits per heavy atom. The Morgan fingerprint density at radius 1 is 1.21 bits per heavy atom. The summed E-state index contributed by atoms with van der Waals surface area (Å²) in [6, 6.07) is 4.75. The van der Waals surface area contributed by atoms with E-state index in [9.17, 15) is 26.7 Å². The number of aromatic nitrogens is 2. The highest BCUT2D eigenvalue weighted by molar-refractivity contribution is 6.34. The molecule has 1 N–H and O–H groups in total. The van der Waals surface area contributed by atoms with E-state index in [1.807, 2.05) is 0 Å². The van der Waals surface area contributed by atoms with Crippen molar-refractivity contribution in [3.05, 3.63) is 51.7 Å². The number of nitrogens with one attached hydrogen (secondary N) is 1. The van der Waals surface area contributed by atoms with Crippen molar-refractivity contribution in [1.29, 1.82) is 0 Å². The summed E-state index contributed by atoms with van der Waals surface area (Å²) in [5.74, 6) is -0.310. The first-order valence-electron chi connectivity index (χ1n) is 8.07. The Morgan fingerprint density at radius 3 is 2.57 bits per heavy atom. The van der Waals surface area contributed by atoms with E-state index >= 15 is 0 Å². The maximum atomic E-state index is 13.7. The molecule has 0 saturated heterocycles. The Bertz CT molecular complexity index is 1140. The quantitative estimate of drug-likeness (QED) is 0.568. The minimum atomic E-state index is -4.73. The molecule has 3 heterocycles. The molecule has 0 radical (unpaired) electrons. The monoisotopic (exact) mass is 415 g/mol. The van der Waals surface area contributed by atoms with Crippen LogP contribution in [0.1, 0.15) is 28.8 Å². The van der Waals surface area contributed by atoms with Crippen molar-refractivity contribution >= 4 is 28.7 Å². The summed E-state index contributed by atoms with van der Waals surface area (Å²) < 4.78 is 67.8. The molecule has 28 heavy (non-hydrogen) atoms. The predicted molar refractivity (Wildman–Crippen MR) is 92.7 cm³/mol. The molecular weight excluding hydrogens is 405 g/mol. The van der Waals surface area contributed by atoms with Crippen LogP contribution >= 0.6 is 11.6 Å². The van der Waals surface area contributed by atoms with E-state index in [0.29, 0.717) is 11.3 Å². The number of rotatable bonds is 2. The molecular formula is C18H11ClF5N3O. The number of aryl methyl sites for hydroxylation is 1. The molecule has 0 spiro atoms. The number of amides is 1. The van der Waals surface area contributed by atoms with Crippen LogP contribution in [-0.2, 0) is 17.4 Å². The second kappa shape index (κ2) is 6.16. The fourth-order valence-electron chi connectivity index (χ4n) is 3.36. The van der Waals surface area contributed by atoms with Crippen LogP contribution in [0.2, 0.25) is 5.02 Å². The smallest absolute Gasteiger partial charge is 0.324 e. The number of halogens is 6. The highest BCUT2D eigenvalue weighted by Crippen LogP contribution is 2.40. The maximum Gasteiger partial charge on any atom is 0.435 e. The largest absolute Gasteiger partial charge is 0.435 e. The maximum absolute atomic E-state index is 13.7. The highest BCUT2D eigenvalue weighted by Gasteiger charge is 2.35. The molecule has 1 amide bonds. The van der Waals surface area contributed by atoms with Crippen molar-refractivity contribution in [2.24, 2.45) is 0 Å². The van der Waals surface area contributed by atoms with Crippen LogP contribution in [0.5, 0.6) is 0 Å². The molecule has 1 aliphatic heterocycles. The molecule has 0 aliphatic carbocycles. The second-order valence-electron chi connectivity index (χ2n) is 6.47. The molecule has 4 nitrogen and oxygen atoms in total. The first kappa shape index (κ1) is 18.7. The van der Waals surface area contributed by atoms with Gasteiger partial charge in [-0.3, -0.25) is 4.79 Å². The van der Waals surface area contributed by atoms with Gasteiger partial charge in [-0.25, -0.2) is 13.3 Å². The zero-order valence-electron chi connectivity index (χ0n) is 14.2. The molecule has 0 unspecified atom stereocenters. The lowest BCUT2D eigenvalue weighted by Crippen LogP contribution is -2.07. The normalized spacial score (nSPS) is 14.1. The van der Waals surface area contributed by atoms with E-state index < -0.39 is 23.9 Å². The van der Waals surface area contributed by atoms with Crippen molar-refractivity contribution < 1.29 is 26.7 Å². The van der Waals surface area contributed by atoms with Crippen LogP contribution in [0.15, 0.2) is 24.3 Å². The number of hydrogen-bond donors (Lipinski definition) is 1. The van der Waals surface area contributed by atoms with Gasteiger partial charge in [0, 0.05) is 11.1 Å². The third kappa shape index (κ3) is 2.90. The number of fused-ring (bicyclic) bond motifs is 2.